The summed E-state index contributed by atoms with van der Waals surface area (Å²) in [6.07, 6.45) is 10.2. The molecule has 0 saturated heterocycles. The van der Waals surface area contributed by atoms with Crippen LogP contribution in [0.15, 0.2) is 41.5 Å². The summed E-state index contributed by atoms with van der Waals surface area (Å²) < 4.78 is 5.06. The molecular formula is C18H24N4O4. The number of hydrogen-bond donors (Lipinski definition) is 3. The zero-order valence-corrected chi connectivity index (χ0v) is 14.7. The molecule has 0 aliphatic carbocycles. The maximum Gasteiger partial charge on any atom is 0.243 e. The van der Waals surface area contributed by atoms with E-state index in [-0.39, 0.29) is 12.5 Å². The maximum absolute atomic E-state index is 12.4. The summed E-state index contributed by atoms with van der Waals surface area (Å²) in [6, 6.07) is 3.65. The van der Waals surface area contributed by atoms with Gasteiger partial charge in [0.2, 0.25) is 12.3 Å². The van der Waals surface area contributed by atoms with Crippen LogP contribution in [0.5, 0.6) is 0 Å². The second-order valence-corrected chi connectivity index (χ2v) is 6.01. The summed E-state index contributed by atoms with van der Waals surface area (Å²) in [5, 5.41) is 9.90. The number of unbranched alkanes of at least 4 members (excludes halogenated alkanes) is 2. The number of carbonyl (C=O) groups is 2. The van der Waals surface area contributed by atoms with E-state index in [0.717, 1.165) is 30.4 Å². The van der Waals surface area contributed by atoms with E-state index in [4.69, 9.17) is 4.42 Å². The number of anilines is 1. The monoisotopic (exact) mass is 360 g/mol. The van der Waals surface area contributed by atoms with E-state index in [9.17, 15) is 14.8 Å². The fourth-order valence-corrected chi connectivity index (χ4v) is 2.55. The topological polar surface area (TPSA) is 108 Å². The number of aromatic nitrogens is 1. The van der Waals surface area contributed by atoms with Crippen LogP contribution in [-0.4, -0.2) is 34.1 Å². The molecule has 0 spiro atoms. The number of pyridine rings is 1. The summed E-state index contributed by atoms with van der Waals surface area (Å²) in [5.74, 6) is -0.801. The van der Waals surface area contributed by atoms with Crippen molar-refractivity contribution in [3.8, 4) is 11.1 Å². The third-order valence-electron chi connectivity index (χ3n) is 3.98. The summed E-state index contributed by atoms with van der Waals surface area (Å²) in [6.45, 7) is 2.02. The lowest BCUT2D eigenvalue weighted by molar-refractivity contribution is -0.154. The minimum atomic E-state index is -0.505. The Morgan fingerprint density at radius 1 is 1.38 bits per heavy atom. The van der Waals surface area contributed by atoms with E-state index in [0.29, 0.717) is 23.6 Å². The van der Waals surface area contributed by atoms with Crippen molar-refractivity contribution >= 4 is 18.0 Å². The van der Waals surface area contributed by atoms with Crippen LogP contribution in [0.1, 0.15) is 32.6 Å². The van der Waals surface area contributed by atoms with Gasteiger partial charge in [0.15, 0.2) is 0 Å². The minimum Gasteiger partial charge on any atom is -0.472 e. The number of furan rings is 1. The Bertz CT molecular complexity index is 690. The number of hydrogen-bond acceptors (Lipinski definition) is 6. The standard InChI is InChI=1S/C18H24N4O4/c1-2-3-4-5-14(11-22(25)13-23)18(24)21-20-17-8-16(9-19-10-17)15-6-7-26-12-15/h6-10,12-14,20,25H,2-5,11H2,1H3,(H,21,24). The van der Waals surface area contributed by atoms with Crippen LogP contribution < -0.4 is 10.9 Å². The molecule has 2 rings (SSSR count). The van der Waals surface area contributed by atoms with Gasteiger partial charge in [0.1, 0.15) is 0 Å². The van der Waals surface area contributed by atoms with Crippen LogP contribution >= 0.6 is 0 Å². The molecule has 8 nitrogen and oxygen atoms in total. The number of hydrazine groups is 1. The van der Waals surface area contributed by atoms with Crippen molar-refractivity contribution in [2.45, 2.75) is 32.6 Å². The molecule has 2 heterocycles. The van der Waals surface area contributed by atoms with Gasteiger partial charge in [-0.1, -0.05) is 26.2 Å². The van der Waals surface area contributed by atoms with Gasteiger partial charge in [-0.25, -0.2) is 5.06 Å². The highest BCUT2D eigenvalue weighted by Gasteiger charge is 2.20. The Hall–Kier alpha value is -2.87. The Morgan fingerprint density at radius 2 is 2.23 bits per heavy atom. The van der Waals surface area contributed by atoms with Crippen molar-refractivity contribution in [1.82, 2.24) is 15.5 Å². The molecule has 1 unspecified atom stereocenters. The van der Waals surface area contributed by atoms with Crippen LogP contribution in [0, 0.1) is 5.92 Å². The average Bonchev–Trinajstić information content (AvgIpc) is 3.20. The van der Waals surface area contributed by atoms with Crippen LogP contribution in [0.3, 0.4) is 0 Å². The van der Waals surface area contributed by atoms with Gasteiger partial charge in [0, 0.05) is 17.3 Å². The van der Waals surface area contributed by atoms with Gasteiger partial charge in [-0.2, -0.15) is 0 Å². The van der Waals surface area contributed by atoms with Gasteiger partial charge >= 0.3 is 0 Å². The highest BCUT2D eigenvalue weighted by atomic mass is 16.5. The highest BCUT2D eigenvalue weighted by molar-refractivity contribution is 5.80. The zero-order chi connectivity index (χ0) is 18.8. The second kappa shape index (κ2) is 10.2. The molecule has 0 aliphatic rings. The van der Waals surface area contributed by atoms with E-state index in [1.807, 2.05) is 12.1 Å². The van der Waals surface area contributed by atoms with Crippen LogP contribution in [0.25, 0.3) is 11.1 Å². The molecule has 26 heavy (non-hydrogen) atoms. The molecule has 8 heteroatoms. The molecule has 0 aromatic carbocycles. The molecule has 2 aromatic heterocycles. The fraction of sp³-hybridized carbons (Fsp3) is 0.389. The van der Waals surface area contributed by atoms with Crippen LogP contribution in [0.2, 0.25) is 0 Å². The lowest BCUT2D eigenvalue weighted by atomic mass is 10.0. The normalized spacial score (nSPS) is 11.6. The summed E-state index contributed by atoms with van der Waals surface area (Å²) in [7, 11) is 0. The molecule has 1 atom stereocenters. The van der Waals surface area contributed by atoms with E-state index < -0.39 is 5.92 Å². The predicted molar refractivity (Wildman–Crippen MR) is 95.9 cm³/mol. The number of rotatable bonds is 11. The first-order valence-corrected chi connectivity index (χ1v) is 8.58. The molecule has 2 amide bonds. The van der Waals surface area contributed by atoms with E-state index in [1.54, 1.807) is 24.9 Å². The lowest BCUT2D eigenvalue weighted by Gasteiger charge is -2.20. The largest absolute Gasteiger partial charge is 0.472 e. The molecule has 0 bridgehead atoms. The number of nitrogens with zero attached hydrogens (tertiary/aromatic N) is 2. The van der Waals surface area contributed by atoms with E-state index in [1.165, 1.54) is 0 Å². The first kappa shape index (κ1) is 19.5. The number of carbonyl (C=O) groups excluding carboxylic acids is 2. The van der Waals surface area contributed by atoms with Crippen molar-refractivity contribution in [3.63, 3.8) is 0 Å². The van der Waals surface area contributed by atoms with Gasteiger partial charge in [-0.3, -0.25) is 30.6 Å². The van der Waals surface area contributed by atoms with Crippen molar-refractivity contribution in [2.24, 2.45) is 5.92 Å². The highest BCUT2D eigenvalue weighted by Crippen LogP contribution is 2.21. The zero-order valence-electron chi connectivity index (χ0n) is 14.7. The van der Waals surface area contributed by atoms with Crippen LogP contribution in [0.4, 0.5) is 5.69 Å². The summed E-state index contributed by atoms with van der Waals surface area (Å²) in [4.78, 5) is 27.2. The molecule has 140 valence electrons. The second-order valence-electron chi connectivity index (χ2n) is 6.01. The predicted octanol–water partition coefficient (Wildman–Crippen LogP) is 2.83. The SMILES string of the molecule is CCCCCC(CN(O)C=O)C(=O)NNc1cncc(-c2ccoc2)c1. The van der Waals surface area contributed by atoms with Crippen LogP contribution in [-0.2, 0) is 9.59 Å². The third kappa shape index (κ3) is 5.89. The Labute approximate surface area is 152 Å². The van der Waals surface area contributed by atoms with Gasteiger partial charge < -0.3 is 4.42 Å². The molecule has 2 aromatic rings. The first-order chi connectivity index (χ1) is 12.6. The summed E-state index contributed by atoms with van der Waals surface area (Å²) >= 11 is 0. The van der Waals surface area contributed by atoms with E-state index in [2.05, 4.69) is 22.8 Å². The van der Waals surface area contributed by atoms with Gasteiger partial charge in [0.05, 0.1) is 36.9 Å². The van der Waals surface area contributed by atoms with E-state index >= 15 is 0 Å². The Balaban J connectivity index is 1.95. The quantitative estimate of drug-likeness (QED) is 0.246. The van der Waals surface area contributed by atoms with Gasteiger partial charge in [-0.15, -0.1) is 0 Å². The van der Waals surface area contributed by atoms with Crippen molar-refractivity contribution in [3.05, 3.63) is 37.1 Å². The molecule has 0 radical (unpaired) electrons. The van der Waals surface area contributed by atoms with Crippen molar-refractivity contribution < 1.29 is 19.2 Å². The van der Waals surface area contributed by atoms with Gasteiger partial charge in [0.25, 0.3) is 0 Å². The first-order valence-electron chi connectivity index (χ1n) is 8.58. The third-order valence-corrected chi connectivity index (χ3v) is 3.98. The minimum absolute atomic E-state index is 0.0476. The average molecular weight is 360 g/mol. The summed E-state index contributed by atoms with van der Waals surface area (Å²) in [5.41, 5.74) is 7.79. The molecular weight excluding hydrogens is 336 g/mol. The van der Waals surface area contributed by atoms with Crippen molar-refractivity contribution in [2.75, 3.05) is 12.0 Å². The number of hydroxylamine groups is 2. The Morgan fingerprint density at radius 3 is 2.92 bits per heavy atom. The van der Waals surface area contributed by atoms with Gasteiger partial charge in [-0.05, 0) is 18.6 Å². The number of amides is 2. The lowest BCUT2D eigenvalue weighted by Crippen LogP contribution is -2.40. The smallest absolute Gasteiger partial charge is 0.243 e. The molecule has 0 saturated carbocycles. The van der Waals surface area contributed by atoms with Crippen molar-refractivity contribution in [1.29, 1.82) is 0 Å². The molecule has 3 N–H and O–H groups in total. The molecule has 0 fully saturated rings. The maximum atomic E-state index is 12.4. The number of nitrogens with one attached hydrogen (secondary N) is 2. The fourth-order valence-electron chi connectivity index (χ4n) is 2.55. The Kier molecular flexibility index (Phi) is 7.63. The molecule has 0 aliphatic heterocycles.